The van der Waals surface area contributed by atoms with E-state index in [1.54, 1.807) is 32.9 Å². The third kappa shape index (κ3) is 7.94. The number of phenols is 1. The summed E-state index contributed by atoms with van der Waals surface area (Å²) in [6.45, 7) is 4.30. The second kappa shape index (κ2) is 12.6. The smallest absolute Gasteiger partial charge is 0.408 e. The summed E-state index contributed by atoms with van der Waals surface area (Å²) in [7, 11) is 0. The molecule has 0 aromatic heterocycles. The first-order chi connectivity index (χ1) is 18.9. The van der Waals surface area contributed by atoms with Gasteiger partial charge < -0.3 is 31.1 Å². The molecule has 3 aromatic carbocycles. The maximum Gasteiger partial charge on any atom is 0.408 e. The van der Waals surface area contributed by atoms with Crippen molar-refractivity contribution >= 4 is 40.3 Å². The molecule has 0 bridgehead atoms. The molecule has 0 spiro atoms. The molecule has 0 aliphatic carbocycles. The van der Waals surface area contributed by atoms with E-state index >= 15 is 0 Å². The van der Waals surface area contributed by atoms with Crippen LogP contribution in [-0.4, -0.2) is 52.0 Å². The molecule has 40 heavy (non-hydrogen) atoms. The number of carbonyl (C=O) groups excluding carboxylic acids is 4. The standard InChI is InChI=1S/C29H31N5O6/c1-29(2,3)40-28(39)33-23(17-24(31)36)27(38)34(15-14-30)25(19-9-12-22(35)13-10-19)26(37)32-21-11-8-18-6-4-5-7-20(18)16-21/h4-13,16,23,25,35H,15,17H2,1-3H3,(H2,31,36)(H,32,37)(H,33,39). The molecule has 2 atom stereocenters. The third-order valence-corrected chi connectivity index (χ3v) is 5.70. The van der Waals surface area contributed by atoms with Crippen LogP contribution in [0.1, 0.15) is 38.8 Å². The van der Waals surface area contributed by atoms with Gasteiger partial charge in [0.15, 0.2) is 0 Å². The van der Waals surface area contributed by atoms with E-state index in [4.69, 9.17) is 10.5 Å². The largest absolute Gasteiger partial charge is 0.508 e. The molecule has 3 aromatic rings. The van der Waals surface area contributed by atoms with Crippen LogP contribution in [0.5, 0.6) is 5.75 Å². The van der Waals surface area contributed by atoms with Crippen LogP contribution in [0, 0.1) is 11.3 Å². The van der Waals surface area contributed by atoms with Gasteiger partial charge in [-0.25, -0.2) is 4.79 Å². The third-order valence-electron chi connectivity index (χ3n) is 5.70. The van der Waals surface area contributed by atoms with E-state index in [-0.39, 0.29) is 11.3 Å². The number of rotatable bonds is 9. The summed E-state index contributed by atoms with van der Waals surface area (Å²) in [6.07, 6.45) is -1.58. The quantitative estimate of drug-likeness (QED) is 0.298. The fourth-order valence-corrected chi connectivity index (χ4v) is 4.03. The molecular formula is C29H31N5O6. The zero-order chi connectivity index (χ0) is 29.4. The SMILES string of the molecule is CC(C)(C)OC(=O)NC(CC(N)=O)C(=O)N(CC#N)C(C(=O)Nc1ccc2ccccc2c1)c1ccc(O)cc1. The molecule has 0 saturated heterocycles. The molecule has 2 unspecified atom stereocenters. The van der Waals surface area contributed by atoms with Crippen molar-refractivity contribution in [2.45, 2.75) is 44.9 Å². The number of nitrogens with two attached hydrogens (primary N) is 1. The lowest BCUT2D eigenvalue weighted by Gasteiger charge is -2.32. The Hall–Kier alpha value is -5.11. The molecule has 0 aliphatic rings. The molecule has 0 aliphatic heterocycles. The van der Waals surface area contributed by atoms with Crippen molar-refractivity contribution in [1.82, 2.24) is 10.2 Å². The first-order valence-electron chi connectivity index (χ1n) is 12.4. The van der Waals surface area contributed by atoms with E-state index in [1.165, 1.54) is 24.3 Å². The maximum absolute atomic E-state index is 13.8. The lowest BCUT2D eigenvalue weighted by Crippen LogP contribution is -2.53. The van der Waals surface area contributed by atoms with Crippen molar-refractivity contribution < 1.29 is 29.0 Å². The van der Waals surface area contributed by atoms with Crippen molar-refractivity contribution in [2.24, 2.45) is 5.73 Å². The number of nitrogens with zero attached hydrogens (tertiary/aromatic N) is 2. The highest BCUT2D eigenvalue weighted by atomic mass is 16.6. The highest BCUT2D eigenvalue weighted by Crippen LogP contribution is 2.27. The summed E-state index contributed by atoms with van der Waals surface area (Å²) in [5.41, 5.74) is 5.16. The first kappa shape index (κ1) is 29.4. The predicted octanol–water partition coefficient (Wildman–Crippen LogP) is 3.35. The van der Waals surface area contributed by atoms with Crippen molar-refractivity contribution in [2.75, 3.05) is 11.9 Å². The number of amides is 4. The molecule has 5 N–H and O–H groups in total. The lowest BCUT2D eigenvalue weighted by molar-refractivity contribution is -0.141. The van der Waals surface area contributed by atoms with Crippen LogP contribution in [0.15, 0.2) is 66.7 Å². The summed E-state index contributed by atoms with van der Waals surface area (Å²) in [5, 5.41) is 26.3. The van der Waals surface area contributed by atoms with E-state index in [1.807, 2.05) is 36.4 Å². The lowest BCUT2D eigenvalue weighted by atomic mass is 10.0. The number of phenolic OH excluding ortho intramolecular Hbond substituents is 1. The number of carbonyl (C=O) groups is 4. The maximum atomic E-state index is 13.8. The zero-order valence-electron chi connectivity index (χ0n) is 22.4. The number of fused-ring (bicyclic) bond motifs is 1. The van der Waals surface area contributed by atoms with Gasteiger partial charge in [0.25, 0.3) is 5.91 Å². The van der Waals surface area contributed by atoms with Crippen molar-refractivity contribution in [1.29, 1.82) is 5.26 Å². The van der Waals surface area contributed by atoms with Gasteiger partial charge in [0.2, 0.25) is 11.8 Å². The van der Waals surface area contributed by atoms with Gasteiger partial charge >= 0.3 is 6.09 Å². The molecule has 0 fully saturated rings. The molecular weight excluding hydrogens is 514 g/mol. The van der Waals surface area contributed by atoms with Gasteiger partial charge in [-0.3, -0.25) is 14.4 Å². The second-order valence-corrected chi connectivity index (χ2v) is 10.0. The Kier molecular flexibility index (Phi) is 9.29. The van der Waals surface area contributed by atoms with Crippen LogP contribution >= 0.6 is 0 Å². The monoisotopic (exact) mass is 545 g/mol. The van der Waals surface area contributed by atoms with Gasteiger partial charge in [0.05, 0.1) is 12.5 Å². The second-order valence-electron chi connectivity index (χ2n) is 10.0. The molecule has 3 rings (SSSR count). The van der Waals surface area contributed by atoms with Gasteiger partial charge in [-0.1, -0.05) is 42.5 Å². The van der Waals surface area contributed by atoms with E-state index in [2.05, 4.69) is 10.6 Å². The van der Waals surface area contributed by atoms with Crippen molar-refractivity contribution in [3.05, 3.63) is 72.3 Å². The average molecular weight is 546 g/mol. The van der Waals surface area contributed by atoms with Crippen LogP contribution in [0.4, 0.5) is 10.5 Å². The van der Waals surface area contributed by atoms with E-state index in [0.717, 1.165) is 15.7 Å². The van der Waals surface area contributed by atoms with Crippen molar-refractivity contribution in [3.8, 4) is 11.8 Å². The minimum absolute atomic E-state index is 0.0752. The minimum atomic E-state index is -1.52. The Morgan fingerprint density at radius 2 is 1.68 bits per heavy atom. The number of nitrogens with one attached hydrogen (secondary N) is 2. The molecule has 0 heterocycles. The highest BCUT2D eigenvalue weighted by molar-refractivity contribution is 6.01. The average Bonchev–Trinajstić information content (AvgIpc) is 2.87. The number of anilines is 1. The Morgan fingerprint density at radius 3 is 2.27 bits per heavy atom. The van der Waals surface area contributed by atoms with Crippen LogP contribution < -0.4 is 16.4 Å². The summed E-state index contributed by atoms with van der Waals surface area (Å²) in [5.74, 6) is -2.54. The summed E-state index contributed by atoms with van der Waals surface area (Å²) in [6, 6.07) is 17.3. The molecule has 208 valence electrons. The Balaban J connectivity index is 2.00. The summed E-state index contributed by atoms with van der Waals surface area (Å²) >= 11 is 0. The highest BCUT2D eigenvalue weighted by Gasteiger charge is 2.37. The molecule has 0 radical (unpaired) electrons. The number of alkyl carbamates (subject to hydrolysis) is 1. The summed E-state index contributed by atoms with van der Waals surface area (Å²) < 4.78 is 5.21. The number of primary amides is 1. The molecule has 4 amide bonds. The van der Waals surface area contributed by atoms with Crippen LogP contribution in [-0.2, 0) is 19.1 Å². The van der Waals surface area contributed by atoms with Gasteiger partial charge in [-0.2, -0.15) is 5.26 Å². The number of aromatic hydroxyl groups is 1. The fraction of sp³-hybridized carbons (Fsp3) is 0.276. The van der Waals surface area contributed by atoms with E-state index in [9.17, 15) is 29.5 Å². The van der Waals surface area contributed by atoms with Crippen LogP contribution in [0.25, 0.3) is 10.8 Å². The Morgan fingerprint density at radius 1 is 1.02 bits per heavy atom. The van der Waals surface area contributed by atoms with Gasteiger partial charge in [0.1, 0.15) is 30.0 Å². The molecule has 11 nitrogen and oxygen atoms in total. The zero-order valence-corrected chi connectivity index (χ0v) is 22.4. The fourth-order valence-electron chi connectivity index (χ4n) is 4.03. The van der Waals surface area contributed by atoms with Crippen LogP contribution in [0.3, 0.4) is 0 Å². The topological polar surface area (TPSA) is 175 Å². The first-order valence-corrected chi connectivity index (χ1v) is 12.4. The molecule has 0 saturated carbocycles. The Bertz CT molecular complexity index is 1440. The van der Waals surface area contributed by atoms with E-state index in [0.29, 0.717) is 5.69 Å². The number of hydrogen-bond donors (Lipinski definition) is 4. The minimum Gasteiger partial charge on any atom is -0.508 e. The number of ether oxygens (including phenoxy) is 1. The number of nitriles is 1. The molecule has 11 heteroatoms. The van der Waals surface area contributed by atoms with Crippen LogP contribution in [0.2, 0.25) is 0 Å². The number of hydrogen-bond acceptors (Lipinski definition) is 7. The van der Waals surface area contributed by atoms with Gasteiger partial charge in [-0.15, -0.1) is 0 Å². The van der Waals surface area contributed by atoms with E-state index < -0.39 is 54.5 Å². The predicted molar refractivity (Wildman–Crippen MR) is 148 cm³/mol. The normalized spacial score (nSPS) is 12.4. The summed E-state index contributed by atoms with van der Waals surface area (Å²) in [4.78, 5) is 52.7. The Labute approximate surface area is 231 Å². The van der Waals surface area contributed by atoms with Gasteiger partial charge in [0, 0.05) is 5.69 Å². The van der Waals surface area contributed by atoms with Crippen molar-refractivity contribution in [3.63, 3.8) is 0 Å². The number of benzene rings is 3. The van der Waals surface area contributed by atoms with Gasteiger partial charge in [-0.05, 0) is 61.4 Å².